The van der Waals surface area contributed by atoms with E-state index < -0.39 is 11.9 Å². The summed E-state index contributed by atoms with van der Waals surface area (Å²) in [6.07, 6.45) is 3.32. The van der Waals surface area contributed by atoms with E-state index in [0.717, 1.165) is 17.7 Å². The average molecular weight is 359 g/mol. The quantitative estimate of drug-likeness (QED) is 0.587. The number of carbonyl (C=O) groups excluding carboxylic acids is 4. The van der Waals surface area contributed by atoms with Gasteiger partial charge in [0.15, 0.2) is 0 Å². The van der Waals surface area contributed by atoms with Crippen molar-refractivity contribution in [2.24, 2.45) is 11.8 Å². The normalized spacial score (nSPS) is 22.1. The molecule has 2 amide bonds. The molecule has 2 aliphatic rings. The fourth-order valence-electron chi connectivity index (χ4n) is 3.58. The van der Waals surface area contributed by atoms with E-state index in [2.05, 4.69) is 4.74 Å². The van der Waals surface area contributed by atoms with E-state index in [9.17, 15) is 19.2 Å². The van der Waals surface area contributed by atoms with Gasteiger partial charge in [0.05, 0.1) is 24.5 Å². The van der Waals surface area contributed by atoms with Crippen LogP contribution in [0.15, 0.2) is 24.3 Å². The van der Waals surface area contributed by atoms with E-state index in [0.29, 0.717) is 24.0 Å². The van der Waals surface area contributed by atoms with E-state index in [4.69, 9.17) is 4.74 Å². The van der Waals surface area contributed by atoms with Crippen molar-refractivity contribution < 1.29 is 28.7 Å². The maximum absolute atomic E-state index is 12.3. The molecule has 0 spiro atoms. The van der Waals surface area contributed by atoms with Crippen LogP contribution < -0.4 is 0 Å². The fourth-order valence-corrected chi connectivity index (χ4v) is 3.58. The van der Waals surface area contributed by atoms with Crippen LogP contribution in [0.1, 0.15) is 41.6 Å². The number of methoxy groups -OCH3 is 1. The monoisotopic (exact) mass is 359 g/mol. The first-order valence-electron chi connectivity index (χ1n) is 8.69. The fraction of sp³-hybridized carbons (Fsp3) is 0.474. The van der Waals surface area contributed by atoms with Crippen molar-refractivity contribution >= 4 is 23.8 Å². The zero-order valence-corrected chi connectivity index (χ0v) is 14.6. The molecule has 2 atom stereocenters. The summed E-state index contributed by atoms with van der Waals surface area (Å²) < 4.78 is 9.78. The molecule has 3 rings (SSSR count). The Bertz CT molecular complexity index is 702. The maximum atomic E-state index is 12.3. The summed E-state index contributed by atoms with van der Waals surface area (Å²) in [6.45, 7) is -0.339. The van der Waals surface area contributed by atoms with E-state index in [1.165, 1.54) is 7.11 Å². The Balaban J connectivity index is 1.53. The molecule has 7 heteroatoms. The molecule has 0 radical (unpaired) electrons. The van der Waals surface area contributed by atoms with Gasteiger partial charge in [0.25, 0.3) is 0 Å². The van der Waals surface area contributed by atoms with Crippen LogP contribution in [0.4, 0.5) is 0 Å². The predicted molar refractivity (Wildman–Crippen MR) is 89.7 cm³/mol. The zero-order valence-electron chi connectivity index (χ0n) is 14.6. The Morgan fingerprint density at radius 3 is 2.15 bits per heavy atom. The number of hydrogen-bond donors (Lipinski definition) is 0. The van der Waals surface area contributed by atoms with Gasteiger partial charge in [-0.1, -0.05) is 25.0 Å². The molecular weight excluding hydrogens is 338 g/mol. The number of hydrogen-bond acceptors (Lipinski definition) is 6. The smallest absolute Gasteiger partial charge is 0.337 e. The summed E-state index contributed by atoms with van der Waals surface area (Å²) in [5.41, 5.74) is 1.09. The number of fused-ring (bicyclic) bond motifs is 1. The lowest BCUT2D eigenvalue weighted by molar-refractivity contribution is -0.153. The molecule has 26 heavy (non-hydrogen) atoms. The first-order valence-corrected chi connectivity index (χ1v) is 8.69. The Morgan fingerprint density at radius 2 is 1.62 bits per heavy atom. The number of esters is 2. The number of carbonyl (C=O) groups is 4. The van der Waals surface area contributed by atoms with Crippen LogP contribution >= 0.6 is 0 Å². The van der Waals surface area contributed by atoms with Crippen molar-refractivity contribution in [1.29, 1.82) is 0 Å². The zero-order chi connectivity index (χ0) is 18.7. The van der Waals surface area contributed by atoms with Gasteiger partial charge in [-0.2, -0.15) is 0 Å². The van der Waals surface area contributed by atoms with Crippen molar-refractivity contribution in [2.75, 3.05) is 13.7 Å². The Kier molecular flexibility index (Phi) is 5.35. The van der Waals surface area contributed by atoms with Crippen molar-refractivity contribution in [3.8, 4) is 0 Å². The van der Waals surface area contributed by atoms with Crippen molar-refractivity contribution in [3.63, 3.8) is 0 Å². The minimum atomic E-state index is -0.623. The number of amides is 2. The molecule has 1 aliphatic carbocycles. The van der Waals surface area contributed by atoms with Crippen molar-refractivity contribution in [1.82, 2.24) is 4.90 Å². The third-order valence-corrected chi connectivity index (χ3v) is 4.99. The number of imide groups is 1. The van der Waals surface area contributed by atoms with Crippen LogP contribution in [0.3, 0.4) is 0 Å². The molecule has 2 fully saturated rings. The van der Waals surface area contributed by atoms with Crippen molar-refractivity contribution in [2.45, 2.75) is 32.3 Å². The highest BCUT2D eigenvalue weighted by molar-refractivity contribution is 6.07. The van der Waals surface area contributed by atoms with Gasteiger partial charge in [0.1, 0.15) is 13.2 Å². The second-order valence-electron chi connectivity index (χ2n) is 6.61. The third kappa shape index (κ3) is 3.61. The number of likely N-dealkylation sites (tertiary alicyclic amines) is 1. The highest BCUT2D eigenvalue weighted by atomic mass is 16.5. The Labute approximate surface area is 151 Å². The first-order chi connectivity index (χ1) is 12.5. The molecule has 1 saturated heterocycles. The predicted octanol–water partition coefficient (Wildman–Crippen LogP) is 1.69. The molecule has 1 heterocycles. The summed E-state index contributed by atoms with van der Waals surface area (Å²) in [5, 5.41) is 0. The van der Waals surface area contributed by atoms with Gasteiger partial charge < -0.3 is 9.47 Å². The summed E-state index contributed by atoms with van der Waals surface area (Å²) in [6, 6.07) is 6.46. The first kappa shape index (κ1) is 18.1. The Morgan fingerprint density at radius 1 is 1.04 bits per heavy atom. The molecule has 1 aromatic rings. The van der Waals surface area contributed by atoms with Gasteiger partial charge in [-0.15, -0.1) is 0 Å². The van der Waals surface area contributed by atoms with E-state index in [1.807, 2.05) is 0 Å². The van der Waals surface area contributed by atoms with Crippen LogP contribution in [0.5, 0.6) is 0 Å². The van der Waals surface area contributed by atoms with Gasteiger partial charge in [0.2, 0.25) is 11.8 Å². The standard InChI is InChI=1S/C19H21NO6/c1-25-19(24)13-8-6-12(7-9-13)11-26-16(21)10-20-17(22)14-4-2-3-5-15(14)18(20)23/h6-9,14-15H,2-5,10-11H2,1H3/t14-,15-/m1/s1. The third-order valence-electron chi connectivity index (χ3n) is 4.99. The molecule has 1 aromatic carbocycles. The Hall–Kier alpha value is -2.70. The molecule has 0 aromatic heterocycles. The van der Waals surface area contributed by atoms with Gasteiger partial charge in [-0.05, 0) is 30.5 Å². The van der Waals surface area contributed by atoms with Crippen LogP contribution in [-0.2, 0) is 30.5 Å². The summed E-state index contributed by atoms with van der Waals surface area (Å²) in [5.74, 6) is -2.11. The van der Waals surface area contributed by atoms with Crippen LogP contribution in [-0.4, -0.2) is 42.3 Å². The number of benzene rings is 1. The largest absolute Gasteiger partial charge is 0.465 e. The van der Waals surface area contributed by atoms with Crippen LogP contribution in [0.2, 0.25) is 0 Å². The lowest BCUT2D eigenvalue weighted by Gasteiger charge is -2.19. The SMILES string of the molecule is COC(=O)c1ccc(COC(=O)CN2C(=O)[C@@H]3CCCC[C@H]3C2=O)cc1. The number of nitrogens with zero attached hydrogens (tertiary/aromatic N) is 1. The van der Waals surface area contributed by atoms with E-state index >= 15 is 0 Å². The number of rotatable bonds is 5. The lowest BCUT2D eigenvalue weighted by atomic mass is 9.81. The average Bonchev–Trinajstić information content (AvgIpc) is 2.91. The molecule has 0 unspecified atom stereocenters. The molecule has 7 nitrogen and oxygen atoms in total. The minimum absolute atomic E-state index is 0.00334. The van der Waals surface area contributed by atoms with Gasteiger partial charge in [-0.3, -0.25) is 19.3 Å². The van der Waals surface area contributed by atoms with Gasteiger partial charge >= 0.3 is 11.9 Å². The summed E-state index contributed by atoms with van der Waals surface area (Å²) in [4.78, 5) is 49.2. The molecule has 0 bridgehead atoms. The molecule has 0 N–H and O–H groups in total. The molecule has 1 saturated carbocycles. The summed E-state index contributed by atoms with van der Waals surface area (Å²) >= 11 is 0. The number of ether oxygens (including phenoxy) is 2. The molecule has 1 aliphatic heterocycles. The lowest BCUT2D eigenvalue weighted by Crippen LogP contribution is -2.36. The van der Waals surface area contributed by atoms with E-state index in [1.54, 1.807) is 24.3 Å². The minimum Gasteiger partial charge on any atom is -0.465 e. The van der Waals surface area contributed by atoms with E-state index in [-0.39, 0.29) is 36.8 Å². The van der Waals surface area contributed by atoms with Crippen LogP contribution in [0.25, 0.3) is 0 Å². The topological polar surface area (TPSA) is 90.0 Å². The summed E-state index contributed by atoms with van der Waals surface area (Å²) in [7, 11) is 1.30. The van der Waals surface area contributed by atoms with Gasteiger partial charge in [0, 0.05) is 0 Å². The second kappa shape index (κ2) is 7.68. The highest BCUT2D eigenvalue weighted by Crippen LogP contribution is 2.37. The highest BCUT2D eigenvalue weighted by Gasteiger charge is 2.48. The molecular formula is C19H21NO6. The second-order valence-corrected chi connectivity index (χ2v) is 6.61. The maximum Gasteiger partial charge on any atom is 0.337 e. The molecule has 138 valence electrons. The van der Waals surface area contributed by atoms with Gasteiger partial charge in [-0.25, -0.2) is 4.79 Å². The van der Waals surface area contributed by atoms with Crippen LogP contribution in [0, 0.1) is 11.8 Å². The van der Waals surface area contributed by atoms with Crippen molar-refractivity contribution in [3.05, 3.63) is 35.4 Å².